The molecule has 0 aromatic heterocycles. The Morgan fingerprint density at radius 2 is 2.17 bits per heavy atom. The first kappa shape index (κ1) is 17.6. The Kier molecular flexibility index (Phi) is 4.56. The summed E-state index contributed by atoms with van der Waals surface area (Å²) in [5.41, 5.74) is 3.18. The van der Waals surface area contributed by atoms with Gasteiger partial charge < -0.3 is 10.2 Å². The second kappa shape index (κ2) is 6.23. The molecule has 0 radical (unpaired) electrons. The number of aliphatic hydroxyl groups is 2. The van der Waals surface area contributed by atoms with Crippen LogP contribution >= 0.6 is 0 Å². The van der Waals surface area contributed by atoms with E-state index in [1.165, 1.54) is 11.1 Å². The summed E-state index contributed by atoms with van der Waals surface area (Å²) in [6, 6.07) is 0. The van der Waals surface area contributed by atoms with Crippen LogP contribution in [0.25, 0.3) is 0 Å². The second-order valence-corrected chi connectivity index (χ2v) is 8.23. The molecule has 0 aromatic rings. The van der Waals surface area contributed by atoms with Crippen LogP contribution in [0.1, 0.15) is 46.5 Å². The molecule has 0 spiro atoms. The molecule has 132 valence electrons. The van der Waals surface area contributed by atoms with Crippen molar-refractivity contribution in [3.05, 3.63) is 22.8 Å². The van der Waals surface area contributed by atoms with Crippen LogP contribution in [-0.2, 0) is 9.59 Å². The first-order valence-corrected chi connectivity index (χ1v) is 9.04. The van der Waals surface area contributed by atoms with Crippen LogP contribution in [0.3, 0.4) is 0 Å². The summed E-state index contributed by atoms with van der Waals surface area (Å²) in [5, 5.41) is 19.8. The average Bonchev–Trinajstić information content (AvgIpc) is 2.97. The van der Waals surface area contributed by atoms with Gasteiger partial charge in [-0.1, -0.05) is 38.0 Å². The van der Waals surface area contributed by atoms with E-state index < -0.39 is 12.0 Å². The Morgan fingerprint density at radius 1 is 1.46 bits per heavy atom. The van der Waals surface area contributed by atoms with Gasteiger partial charge in [-0.25, -0.2) is 0 Å². The molecule has 1 saturated carbocycles. The maximum Gasteiger partial charge on any atom is 0.169 e. The Morgan fingerprint density at radius 3 is 2.79 bits per heavy atom. The molecule has 0 bridgehead atoms. The average molecular weight is 332 g/mol. The molecule has 3 aliphatic carbocycles. The molecular weight excluding hydrogens is 304 g/mol. The zero-order chi connectivity index (χ0) is 17.6. The number of allylic oxidation sites excluding steroid dienone is 3. The topological polar surface area (TPSA) is 74.6 Å². The highest BCUT2D eigenvalue weighted by molar-refractivity contribution is 5.96. The van der Waals surface area contributed by atoms with Gasteiger partial charge in [-0.3, -0.25) is 9.59 Å². The molecule has 24 heavy (non-hydrogen) atoms. The molecule has 6 atom stereocenters. The van der Waals surface area contributed by atoms with E-state index >= 15 is 0 Å². The number of hydrogen-bond acceptors (Lipinski definition) is 4. The Balaban J connectivity index is 2.08. The van der Waals surface area contributed by atoms with Crippen molar-refractivity contribution in [3.63, 3.8) is 0 Å². The minimum atomic E-state index is -0.963. The fourth-order valence-corrected chi connectivity index (χ4v) is 5.25. The standard InChI is InChI=1S/C20H28O4/c1-11(9-21)14-6-7-20(3)8-15-12(2)18(23)19(24)17(15)13(10-22)4-5-16(14)20/h4,10-12,15,17-18,21,23H,5-9H2,1-3H3/t11?,12-,15+,17-,18-,20-/m1/s1. The first-order chi connectivity index (χ1) is 11.3. The number of aldehydes is 1. The lowest BCUT2D eigenvalue weighted by atomic mass is 9.67. The van der Waals surface area contributed by atoms with Crippen molar-refractivity contribution in [2.45, 2.75) is 52.6 Å². The Labute approximate surface area is 143 Å². The van der Waals surface area contributed by atoms with Crippen molar-refractivity contribution in [3.8, 4) is 0 Å². The molecule has 0 aliphatic heterocycles. The summed E-state index contributed by atoms with van der Waals surface area (Å²) >= 11 is 0. The highest BCUT2D eigenvalue weighted by Crippen LogP contribution is 2.55. The van der Waals surface area contributed by atoms with Gasteiger partial charge in [-0.2, -0.15) is 0 Å². The van der Waals surface area contributed by atoms with Gasteiger partial charge in [-0.15, -0.1) is 0 Å². The van der Waals surface area contributed by atoms with Crippen LogP contribution in [-0.4, -0.2) is 35.0 Å². The first-order valence-electron chi connectivity index (χ1n) is 9.04. The van der Waals surface area contributed by atoms with Gasteiger partial charge in [0.2, 0.25) is 0 Å². The number of rotatable bonds is 3. The van der Waals surface area contributed by atoms with E-state index in [0.717, 1.165) is 25.5 Å². The highest BCUT2D eigenvalue weighted by atomic mass is 16.3. The molecule has 0 aromatic carbocycles. The lowest BCUT2D eigenvalue weighted by Gasteiger charge is -2.36. The minimum Gasteiger partial charge on any atom is -0.396 e. The minimum absolute atomic E-state index is 0.00744. The van der Waals surface area contributed by atoms with E-state index in [0.29, 0.717) is 12.0 Å². The van der Waals surface area contributed by atoms with Crippen molar-refractivity contribution >= 4 is 12.1 Å². The number of carbonyl (C=O) groups is 2. The quantitative estimate of drug-likeness (QED) is 0.615. The van der Waals surface area contributed by atoms with Gasteiger partial charge in [0.05, 0.1) is 5.92 Å². The van der Waals surface area contributed by atoms with Gasteiger partial charge in [0.25, 0.3) is 0 Å². The van der Waals surface area contributed by atoms with E-state index in [1.807, 2.05) is 19.9 Å². The lowest BCUT2D eigenvalue weighted by Crippen LogP contribution is -2.30. The third-order valence-corrected chi connectivity index (χ3v) is 6.85. The van der Waals surface area contributed by atoms with Crippen LogP contribution in [0.5, 0.6) is 0 Å². The van der Waals surface area contributed by atoms with Crippen molar-refractivity contribution in [1.82, 2.24) is 0 Å². The third-order valence-electron chi connectivity index (χ3n) is 6.85. The zero-order valence-electron chi connectivity index (χ0n) is 14.8. The summed E-state index contributed by atoms with van der Waals surface area (Å²) in [4.78, 5) is 24.1. The number of aliphatic hydroxyl groups excluding tert-OH is 2. The van der Waals surface area contributed by atoms with Gasteiger partial charge in [0, 0.05) is 12.5 Å². The molecule has 2 N–H and O–H groups in total. The lowest BCUT2D eigenvalue weighted by molar-refractivity contribution is -0.128. The normalized spacial score (nSPS) is 40.5. The fraction of sp³-hybridized carbons (Fsp3) is 0.700. The summed E-state index contributed by atoms with van der Waals surface area (Å²) in [7, 11) is 0. The second-order valence-electron chi connectivity index (χ2n) is 8.23. The molecule has 4 nitrogen and oxygen atoms in total. The zero-order valence-corrected chi connectivity index (χ0v) is 14.8. The van der Waals surface area contributed by atoms with Crippen LogP contribution in [0.2, 0.25) is 0 Å². The number of ketones is 1. The summed E-state index contributed by atoms with van der Waals surface area (Å²) in [5.74, 6) is -0.623. The van der Waals surface area contributed by atoms with E-state index in [9.17, 15) is 19.8 Å². The van der Waals surface area contributed by atoms with E-state index in [1.54, 1.807) is 0 Å². The summed E-state index contributed by atoms with van der Waals surface area (Å²) in [6.45, 7) is 6.36. The molecule has 0 saturated heterocycles. The predicted octanol–water partition coefficient (Wildman–Crippen LogP) is 2.44. The maximum atomic E-state index is 12.5. The molecule has 0 amide bonds. The van der Waals surface area contributed by atoms with E-state index in [2.05, 4.69) is 6.92 Å². The molecule has 1 fully saturated rings. The smallest absolute Gasteiger partial charge is 0.169 e. The summed E-state index contributed by atoms with van der Waals surface area (Å²) < 4.78 is 0. The van der Waals surface area contributed by atoms with Crippen LogP contribution in [0, 0.1) is 29.1 Å². The van der Waals surface area contributed by atoms with Crippen molar-refractivity contribution in [2.75, 3.05) is 6.61 Å². The number of fused-ring (bicyclic) bond motifs is 2. The largest absolute Gasteiger partial charge is 0.396 e. The van der Waals surface area contributed by atoms with Gasteiger partial charge in [-0.05, 0) is 48.5 Å². The highest BCUT2D eigenvalue weighted by Gasteiger charge is 2.52. The number of carbonyl (C=O) groups excluding carboxylic acids is 2. The van der Waals surface area contributed by atoms with Gasteiger partial charge >= 0.3 is 0 Å². The third kappa shape index (κ3) is 2.51. The molecule has 4 heteroatoms. The van der Waals surface area contributed by atoms with Crippen LogP contribution < -0.4 is 0 Å². The SMILES string of the molecule is CC(CO)C1=C2CC=C(C=O)[C@H]3C(=O)[C@H](O)[C@H](C)[C@@H]3C[C@@]2(C)CC1. The number of hydrogen-bond donors (Lipinski definition) is 2. The van der Waals surface area contributed by atoms with Crippen LogP contribution in [0.15, 0.2) is 22.8 Å². The van der Waals surface area contributed by atoms with E-state index in [-0.39, 0.29) is 35.6 Å². The monoisotopic (exact) mass is 332 g/mol. The maximum absolute atomic E-state index is 12.5. The van der Waals surface area contributed by atoms with Gasteiger partial charge in [0.1, 0.15) is 12.4 Å². The summed E-state index contributed by atoms with van der Waals surface area (Å²) in [6.07, 6.45) is 5.22. The number of Topliss-reactive ketones (excluding diaryl/α,β-unsaturated/α-hetero) is 1. The Hall–Kier alpha value is -1.26. The molecule has 1 unspecified atom stereocenters. The van der Waals surface area contributed by atoms with Crippen molar-refractivity contribution in [2.24, 2.45) is 29.1 Å². The van der Waals surface area contributed by atoms with Crippen molar-refractivity contribution in [1.29, 1.82) is 0 Å². The molecule has 3 aliphatic rings. The Bertz CT molecular complexity index is 617. The molecule has 0 heterocycles. The van der Waals surface area contributed by atoms with Gasteiger partial charge in [0.15, 0.2) is 5.78 Å². The predicted molar refractivity (Wildman–Crippen MR) is 91.2 cm³/mol. The van der Waals surface area contributed by atoms with Crippen molar-refractivity contribution < 1.29 is 19.8 Å². The molecule has 3 rings (SSSR count). The van der Waals surface area contributed by atoms with Crippen LogP contribution in [0.4, 0.5) is 0 Å². The van der Waals surface area contributed by atoms with E-state index in [4.69, 9.17) is 0 Å². The molecular formula is C20H28O4. The fourth-order valence-electron chi connectivity index (χ4n) is 5.25.